The summed E-state index contributed by atoms with van der Waals surface area (Å²) < 4.78 is 58.2. The van der Waals surface area contributed by atoms with E-state index in [1.54, 1.807) is 44.4 Å². The van der Waals surface area contributed by atoms with Crippen LogP contribution in [0.3, 0.4) is 0 Å². The van der Waals surface area contributed by atoms with Gasteiger partial charge in [0.25, 0.3) is 11.7 Å². The number of fused-ring (bicyclic) bond motifs is 5. The summed E-state index contributed by atoms with van der Waals surface area (Å²) in [5.41, 5.74) is 2.12. The van der Waals surface area contributed by atoms with E-state index < -0.39 is 101 Å². The molecule has 2 saturated heterocycles. The van der Waals surface area contributed by atoms with E-state index >= 15 is 9.59 Å². The summed E-state index contributed by atoms with van der Waals surface area (Å²) in [6.07, 6.45) is 2.50. The lowest BCUT2D eigenvalue weighted by molar-refractivity contribution is -0.302. The van der Waals surface area contributed by atoms with Crippen LogP contribution in [0.25, 0.3) is 33.4 Å². The predicted octanol–water partition coefficient (Wildman–Crippen LogP) is 13.7. The van der Waals surface area contributed by atoms with Crippen LogP contribution in [0.15, 0.2) is 87.1 Å². The summed E-state index contributed by atoms with van der Waals surface area (Å²) >= 11 is 0. The normalized spacial score (nSPS) is 28.6. The zero-order valence-corrected chi connectivity index (χ0v) is 64.1. The number of hydrogen-bond acceptors (Lipinski definition) is 18. The summed E-state index contributed by atoms with van der Waals surface area (Å²) in [5.74, 6) is -9.33. The number of aromatic hydroxyl groups is 1. The number of allylic oxidation sites excluding steroid dienone is 2. The van der Waals surface area contributed by atoms with Crippen LogP contribution < -0.4 is 10.7 Å². The first-order valence-corrected chi connectivity index (χ1v) is 41.4. The van der Waals surface area contributed by atoms with Gasteiger partial charge in [0.2, 0.25) is 5.79 Å². The highest BCUT2D eigenvalue weighted by Gasteiger charge is 2.57. The lowest BCUT2D eigenvalue weighted by atomic mass is 9.81. The SMILES string of the molecule is CO[C@H]1C[C@@H](C)CC(C)C=C(CCOC(=O)NCc2c(O)ccc3c(-c4ccccc4C(=O)O)c4ccc(=O)cc-4oc23)C(=O)C[C@H](O[Si](C)(C)C(C)(C)C)[C@@H](C)[C@@H](C(C)=CC2CC[C@@H](O[Si](C)(C)C(C)(C)C)[C@H](OC)C2)OC(=O)C2CCCCN2C(=O)C(=O)[C@]2(O)O[C@H]1[C@@H](OC)C[C@H]2C. The third kappa shape index (κ3) is 18.0. The Bertz CT molecular complexity index is 3700. The molecule has 3 fully saturated rings. The van der Waals surface area contributed by atoms with Crippen molar-refractivity contribution in [3.8, 4) is 28.2 Å². The molecule has 0 spiro atoms. The fourth-order valence-electron chi connectivity index (χ4n) is 14.5. The van der Waals surface area contributed by atoms with E-state index in [9.17, 15) is 39.3 Å². The number of carbonyl (C=O) groups excluding carboxylic acids is 5. The molecular formula is C77H110N2O19Si2. The van der Waals surface area contributed by atoms with E-state index in [2.05, 4.69) is 79.1 Å². The molecule has 0 aromatic heterocycles. The van der Waals surface area contributed by atoms with E-state index in [0.29, 0.717) is 65.3 Å². The maximum absolute atomic E-state index is 15.7. The molecule has 6 aliphatic rings. The summed E-state index contributed by atoms with van der Waals surface area (Å²) in [5, 5.41) is 37.0. The number of piperidine rings is 1. The van der Waals surface area contributed by atoms with Crippen molar-refractivity contribution < 1.29 is 85.8 Å². The van der Waals surface area contributed by atoms with Crippen LogP contribution >= 0.6 is 0 Å². The van der Waals surface area contributed by atoms with Crippen LogP contribution in [0.5, 0.6) is 5.75 Å². The third-order valence-electron chi connectivity index (χ3n) is 22.3. The Morgan fingerprint density at radius 3 is 2.07 bits per heavy atom. The molecule has 2 aromatic rings. The average molecular weight is 1420 g/mol. The number of nitrogens with one attached hydrogen (secondary N) is 1. The number of ketones is 2. The van der Waals surface area contributed by atoms with Gasteiger partial charge in [0.15, 0.2) is 27.8 Å². The summed E-state index contributed by atoms with van der Waals surface area (Å²) in [6, 6.07) is 12.4. The number of Topliss-reactive ketones (excluding diaryl/α,β-unsaturated/α-hetero) is 2. The van der Waals surface area contributed by atoms with Crippen molar-refractivity contribution >= 4 is 63.1 Å². The zero-order valence-electron chi connectivity index (χ0n) is 62.1. The minimum Gasteiger partial charge on any atom is -0.507 e. The molecule has 2 aliphatic carbocycles. The van der Waals surface area contributed by atoms with Crippen LogP contribution in [-0.2, 0) is 63.0 Å². The molecule has 1 saturated carbocycles. The summed E-state index contributed by atoms with van der Waals surface area (Å²) in [4.78, 5) is 101. The molecular weight excluding hydrogens is 1310 g/mol. The number of esters is 1. The van der Waals surface area contributed by atoms with E-state index in [1.807, 2.05) is 33.8 Å². The number of carboxylic acid groups (broad SMARTS) is 1. The fraction of sp³-hybridized carbons (Fsp3) is 0.623. The standard InChI is InChI=1S/C77H110N2O19Si2/c1-44-35-45(2)37-64(91-13)69-65(92-14)39-47(4)77(89,96-69)70(83)71(84)79-33-22-21-25-57(79)73(87)95-67(46(3)38-49-26-31-60(63(40-49)90-12)97-99(15,16)75(6,7)8)48(5)61(98-100(17,18)76(9,10)11)42-59(82)50(36-44)32-34-93-74(88)78-43-56-58(81)30-29-55-66(52-23-19-20-24-53(52)72(85)86)54-28-27-51(80)41-62(54)94-68(55)56/h19-20,23-24,27-30,36,38,41,44-45,47-49,57,60-61,63-65,67,69,81,89H,21-22,25-26,31-35,37,39-40,42-43H2,1-18H3,(H,78,88)(H,85,86)/t44?,45-,47+,48+,49?,57?,60+,61-,63+,64-,65-,67+,69+,77+/m0/s1. The fourth-order valence-corrected chi connectivity index (χ4v) is 17.3. The minimum atomic E-state index is -2.81. The molecule has 100 heavy (non-hydrogen) atoms. The number of carboxylic acids is 1. The molecule has 550 valence electrons. The van der Waals surface area contributed by atoms with Gasteiger partial charge in [-0.15, -0.1) is 0 Å². The van der Waals surface area contributed by atoms with E-state index in [0.717, 1.165) is 12.8 Å². The lowest BCUT2D eigenvalue weighted by Gasteiger charge is -2.47. The van der Waals surface area contributed by atoms with Crippen LogP contribution in [0, 0.1) is 29.6 Å². The van der Waals surface area contributed by atoms with Gasteiger partial charge in [-0.2, -0.15) is 0 Å². The highest BCUT2D eigenvalue weighted by atomic mass is 28.4. The maximum atomic E-state index is 15.7. The number of phenols is 1. The highest BCUT2D eigenvalue weighted by Crippen LogP contribution is 2.47. The number of hydrogen-bond donors (Lipinski definition) is 4. The van der Waals surface area contributed by atoms with Gasteiger partial charge in [-0.3, -0.25) is 19.2 Å². The minimum absolute atomic E-state index is 0.00631. The topological polar surface area (TPSA) is 282 Å². The van der Waals surface area contributed by atoms with Crippen LogP contribution in [0.4, 0.5) is 4.79 Å². The lowest BCUT2D eigenvalue weighted by Crippen LogP contribution is -2.64. The molecule has 23 heteroatoms. The van der Waals surface area contributed by atoms with Crippen LogP contribution in [0.2, 0.25) is 36.3 Å². The van der Waals surface area contributed by atoms with Crippen LogP contribution in [-0.4, -0.2) is 161 Å². The molecule has 2 bridgehead atoms. The van der Waals surface area contributed by atoms with E-state index in [4.69, 9.17) is 41.7 Å². The van der Waals surface area contributed by atoms with Crippen molar-refractivity contribution in [1.82, 2.24) is 10.2 Å². The number of aromatic carboxylic acids is 1. The average Bonchev–Trinajstić information content (AvgIpc) is 0.745. The second-order valence-corrected chi connectivity index (χ2v) is 41.2. The molecule has 4 N–H and O–H groups in total. The van der Waals surface area contributed by atoms with Crippen molar-refractivity contribution in [2.45, 2.75) is 244 Å². The zero-order chi connectivity index (χ0) is 73.7. The Labute approximate surface area is 592 Å². The molecule has 4 aliphatic heterocycles. The molecule has 4 heterocycles. The molecule has 0 radical (unpaired) electrons. The van der Waals surface area contributed by atoms with Crippen LogP contribution in [0.1, 0.15) is 163 Å². The van der Waals surface area contributed by atoms with Crippen molar-refractivity contribution in [2.24, 2.45) is 29.6 Å². The van der Waals surface area contributed by atoms with Gasteiger partial charge >= 0.3 is 18.0 Å². The van der Waals surface area contributed by atoms with Gasteiger partial charge < -0.3 is 67.2 Å². The number of nitrogens with zero attached hydrogens (tertiary/aromatic N) is 1. The molecule has 2 amide bonds. The molecule has 3 unspecified atom stereocenters. The number of rotatable bonds is 16. The number of cyclic esters (lactones) is 1. The van der Waals surface area contributed by atoms with Gasteiger partial charge in [0, 0.05) is 75.1 Å². The van der Waals surface area contributed by atoms with Gasteiger partial charge in [-0.25, -0.2) is 14.4 Å². The third-order valence-corrected chi connectivity index (χ3v) is 31.3. The summed E-state index contributed by atoms with van der Waals surface area (Å²) in [7, 11) is -0.282. The largest absolute Gasteiger partial charge is 0.507 e. The second kappa shape index (κ2) is 32.5. The number of aliphatic hydroxyl groups is 1. The van der Waals surface area contributed by atoms with Gasteiger partial charge in [0.05, 0.1) is 54.8 Å². The Morgan fingerprint density at radius 2 is 1.42 bits per heavy atom. The van der Waals surface area contributed by atoms with Crippen molar-refractivity contribution in [3.05, 3.63) is 99.2 Å². The first kappa shape index (κ1) is 79.3. The number of methoxy groups -OCH3 is 3. The Hall–Kier alpha value is -6.42. The van der Waals surface area contributed by atoms with Gasteiger partial charge in [-0.05, 0) is 166 Å². The quantitative estimate of drug-likeness (QED) is 0.0267. The number of ether oxygens (including phenoxy) is 6. The Balaban J connectivity index is 1.17. The van der Waals surface area contributed by atoms with Gasteiger partial charge in [0.1, 0.15) is 35.3 Å². The predicted molar refractivity (Wildman–Crippen MR) is 386 cm³/mol. The molecule has 14 atom stereocenters. The number of carbonyl (C=O) groups is 6. The van der Waals surface area contributed by atoms with Gasteiger partial charge in [-0.1, -0.05) is 99.6 Å². The first-order valence-electron chi connectivity index (χ1n) is 35.6. The van der Waals surface area contributed by atoms with E-state index in [1.165, 1.54) is 43.4 Å². The molecule has 21 nitrogen and oxygen atoms in total. The van der Waals surface area contributed by atoms with Crippen molar-refractivity contribution in [3.63, 3.8) is 0 Å². The summed E-state index contributed by atoms with van der Waals surface area (Å²) in [6.45, 7) is 30.5. The Kier molecular flexibility index (Phi) is 25.8. The monoisotopic (exact) mass is 1420 g/mol. The molecule has 8 rings (SSSR count). The number of benzene rings is 3. The van der Waals surface area contributed by atoms with Crippen molar-refractivity contribution in [2.75, 3.05) is 34.5 Å². The van der Waals surface area contributed by atoms with E-state index in [-0.39, 0.29) is 125 Å². The Morgan fingerprint density at radius 1 is 0.770 bits per heavy atom. The number of alkyl carbamates (subject to hydrolysis) is 1. The first-order chi connectivity index (χ1) is 46.8. The number of amides is 2. The maximum Gasteiger partial charge on any atom is 0.407 e. The number of phenolic OH excluding ortho intramolecular Hbond substituents is 1. The molecule has 2 aromatic carbocycles. The second-order valence-electron chi connectivity index (χ2n) is 31.6. The smallest absolute Gasteiger partial charge is 0.407 e. The highest BCUT2D eigenvalue weighted by molar-refractivity contribution is 6.74. The van der Waals surface area contributed by atoms with Crippen molar-refractivity contribution in [1.29, 1.82) is 0 Å².